The van der Waals surface area contributed by atoms with Crippen LogP contribution in [-0.4, -0.2) is 31.9 Å². The lowest BCUT2D eigenvalue weighted by molar-refractivity contribution is -0.116. The molecule has 8 nitrogen and oxygen atoms in total. The molecule has 0 aromatic heterocycles. The third kappa shape index (κ3) is 8.77. The third-order valence-corrected chi connectivity index (χ3v) is 9.06. The Kier molecular flexibility index (Phi) is 11.5. The minimum Gasteiger partial charge on any atom is -0.493 e. The lowest BCUT2D eigenvalue weighted by atomic mass is 10.1. The lowest BCUT2D eigenvalue weighted by Crippen LogP contribution is -2.30. The quantitative estimate of drug-likeness (QED) is 0.0913. The van der Waals surface area contributed by atoms with Gasteiger partial charge >= 0.3 is 0 Å². The van der Waals surface area contributed by atoms with Crippen LogP contribution in [0.2, 0.25) is 0 Å². The van der Waals surface area contributed by atoms with Crippen molar-refractivity contribution in [2.24, 2.45) is 0 Å². The number of hydrogen-bond acceptors (Lipinski definition) is 6. The molecule has 49 heavy (non-hydrogen) atoms. The van der Waals surface area contributed by atoms with E-state index in [2.05, 4.69) is 16.0 Å². The standard InChI is InChI=1S/C40H37N3O5S/c1-26-14-11-22-33(27(26)2)42-40(46)37(28-15-7-5-8-16-28)49-32-21-13-20-31(25-32)41-39(45)34(43-38(44)29-17-9-6-10-18-29)24-30-19-12-23-35(47-3)36(30)48-4/h5-25,37H,1-4H3,(H,41,45)(H,42,46)(H,43,44)/b34-24+. The van der Waals surface area contributed by atoms with Crippen LogP contribution in [-0.2, 0) is 9.59 Å². The normalized spacial score (nSPS) is 11.6. The molecule has 0 saturated carbocycles. The zero-order valence-corrected chi connectivity index (χ0v) is 28.5. The van der Waals surface area contributed by atoms with Gasteiger partial charge in [0, 0.05) is 27.4 Å². The zero-order chi connectivity index (χ0) is 34.8. The van der Waals surface area contributed by atoms with Crippen molar-refractivity contribution in [1.29, 1.82) is 0 Å². The van der Waals surface area contributed by atoms with Gasteiger partial charge in [0.25, 0.3) is 11.8 Å². The molecule has 0 saturated heterocycles. The molecule has 9 heteroatoms. The number of nitrogens with one attached hydrogen (secondary N) is 3. The van der Waals surface area contributed by atoms with E-state index in [1.165, 1.54) is 26.0 Å². The molecule has 248 valence electrons. The van der Waals surface area contributed by atoms with Gasteiger partial charge in [0.15, 0.2) is 11.5 Å². The Bertz CT molecular complexity index is 1980. The summed E-state index contributed by atoms with van der Waals surface area (Å²) in [5.41, 5.74) is 5.09. The van der Waals surface area contributed by atoms with Gasteiger partial charge in [-0.15, -0.1) is 11.8 Å². The number of benzene rings is 5. The second-order valence-electron chi connectivity index (χ2n) is 11.1. The average Bonchev–Trinajstić information content (AvgIpc) is 3.12. The molecule has 5 rings (SSSR count). The second-order valence-corrected chi connectivity index (χ2v) is 12.3. The van der Waals surface area contributed by atoms with Gasteiger partial charge in [-0.25, -0.2) is 0 Å². The summed E-state index contributed by atoms with van der Waals surface area (Å²) in [5.74, 6) is -0.281. The van der Waals surface area contributed by atoms with Crippen LogP contribution in [0, 0.1) is 13.8 Å². The van der Waals surface area contributed by atoms with Gasteiger partial charge in [-0.1, -0.05) is 78.9 Å². The number of thioether (sulfide) groups is 1. The molecule has 5 aromatic carbocycles. The van der Waals surface area contributed by atoms with Crippen LogP contribution in [0.3, 0.4) is 0 Å². The monoisotopic (exact) mass is 671 g/mol. The van der Waals surface area contributed by atoms with Crippen molar-refractivity contribution >= 4 is 46.9 Å². The lowest BCUT2D eigenvalue weighted by Gasteiger charge is -2.19. The highest BCUT2D eigenvalue weighted by Gasteiger charge is 2.24. The molecule has 3 amide bonds. The van der Waals surface area contributed by atoms with Gasteiger partial charge < -0.3 is 25.4 Å². The van der Waals surface area contributed by atoms with Crippen LogP contribution in [0.25, 0.3) is 6.08 Å². The largest absolute Gasteiger partial charge is 0.493 e. The van der Waals surface area contributed by atoms with Crippen LogP contribution in [0.1, 0.15) is 37.9 Å². The highest BCUT2D eigenvalue weighted by molar-refractivity contribution is 8.00. The number of ether oxygens (including phenoxy) is 2. The molecule has 0 fully saturated rings. The van der Waals surface area contributed by atoms with Crippen molar-refractivity contribution in [2.75, 3.05) is 24.9 Å². The summed E-state index contributed by atoms with van der Waals surface area (Å²) in [6.07, 6.45) is 1.54. The first-order valence-electron chi connectivity index (χ1n) is 15.6. The Labute approximate surface area is 290 Å². The molecule has 0 spiro atoms. The SMILES string of the molecule is COc1cccc(/C=C(/NC(=O)c2ccccc2)C(=O)Nc2cccc(SC(C(=O)Nc3cccc(C)c3C)c3ccccc3)c2)c1OC. The van der Waals surface area contributed by atoms with E-state index in [1.807, 2.05) is 74.5 Å². The predicted molar refractivity (Wildman–Crippen MR) is 196 cm³/mol. The maximum absolute atomic E-state index is 13.8. The maximum atomic E-state index is 13.8. The fourth-order valence-corrected chi connectivity index (χ4v) is 6.17. The van der Waals surface area contributed by atoms with E-state index in [-0.39, 0.29) is 11.6 Å². The van der Waals surface area contributed by atoms with Crippen molar-refractivity contribution in [3.8, 4) is 11.5 Å². The number of carbonyl (C=O) groups excluding carboxylic acids is 3. The van der Waals surface area contributed by atoms with Gasteiger partial charge in [0.1, 0.15) is 10.9 Å². The van der Waals surface area contributed by atoms with Crippen LogP contribution in [0.15, 0.2) is 132 Å². The number of carbonyl (C=O) groups is 3. The smallest absolute Gasteiger partial charge is 0.272 e. The average molecular weight is 672 g/mol. The number of para-hydroxylation sites is 1. The summed E-state index contributed by atoms with van der Waals surface area (Å²) in [5, 5.41) is 8.21. The Morgan fingerprint density at radius 2 is 1.43 bits per heavy atom. The molecule has 3 N–H and O–H groups in total. The molecular formula is C40H37N3O5S. The Balaban J connectivity index is 1.42. The first-order valence-corrected chi connectivity index (χ1v) is 16.4. The van der Waals surface area contributed by atoms with Crippen molar-refractivity contribution in [3.05, 3.63) is 155 Å². The molecule has 1 atom stereocenters. The number of anilines is 2. The number of rotatable bonds is 12. The van der Waals surface area contributed by atoms with Crippen molar-refractivity contribution < 1.29 is 23.9 Å². The molecular weight excluding hydrogens is 635 g/mol. The summed E-state index contributed by atoms with van der Waals surface area (Å²) >= 11 is 1.37. The van der Waals surface area contributed by atoms with E-state index in [4.69, 9.17) is 9.47 Å². The number of amides is 3. The van der Waals surface area contributed by atoms with Crippen LogP contribution >= 0.6 is 11.8 Å². The molecule has 0 aliphatic carbocycles. The summed E-state index contributed by atoms with van der Waals surface area (Å²) in [6, 6.07) is 36.5. The van der Waals surface area contributed by atoms with Crippen LogP contribution in [0.5, 0.6) is 11.5 Å². The number of hydrogen-bond donors (Lipinski definition) is 3. The Morgan fingerprint density at radius 1 is 0.735 bits per heavy atom. The fraction of sp³-hybridized carbons (Fsp3) is 0.125. The maximum Gasteiger partial charge on any atom is 0.272 e. The van der Waals surface area contributed by atoms with Gasteiger partial charge in [-0.05, 0) is 79.1 Å². The van der Waals surface area contributed by atoms with E-state index < -0.39 is 17.1 Å². The Hall–Kier alpha value is -5.80. The number of methoxy groups -OCH3 is 2. The van der Waals surface area contributed by atoms with Gasteiger partial charge in [0.05, 0.1) is 14.2 Å². The van der Waals surface area contributed by atoms with Crippen molar-refractivity contribution in [1.82, 2.24) is 5.32 Å². The van der Waals surface area contributed by atoms with E-state index in [1.54, 1.807) is 66.7 Å². The highest BCUT2D eigenvalue weighted by Crippen LogP contribution is 2.38. The minimum absolute atomic E-state index is 0.00599. The first-order chi connectivity index (χ1) is 23.8. The minimum atomic E-state index is -0.576. The van der Waals surface area contributed by atoms with E-state index in [0.717, 1.165) is 27.3 Å². The molecule has 1 unspecified atom stereocenters. The van der Waals surface area contributed by atoms with E-state index in [0.29, 0.717) is 28.3 Å². The van der Waals surface area contributed by atoms with Gasteiger partial charge in [0.2, 0.25) is 5.91 Å². The summed E-state index contributed by atoms with van der Waals surface area (Å²) in [4.78, 5) is 41.5. The summed E-state index contributed by atoms with van der Waals surface area (Å²) < 4.78 is 11.0. The zero-order valence-electron chi connectivity index (χ0n) is 27.7. The summed E-state index contributed by atoms with van der Waals surface area (Å²) in [7, 11) is 3.03. The van der Waals surface area contributed by atoms with Crippen LogP contribution in [0.4, 0.5) is 11.4 Å². The molecule has 0 radical (unpaired) electrons. The molecule has 0 aliphatic rings. The molecule has 5 aromatic rings. The van der Waals surface area contributed by atoms with Gasteiger partial charge in [-0.2, -0.15) is 0 Å². The number of aryl methyl sites for hydroxylation is 1. The van der Waals surface area contributed by atoms with Crippen molar-refractivity contribution in [2.45, 2.75) is 24.0 Å². The third-order valence-electron chi connectivity index (χ3n) is 7.81. The highest BCUT2D eigenvalue weighted by atomic mass is 32.2. The second kappa shape index (κ2) is 16.3. The topological polar surface area (TPSA) is 106 Å². The van der Waals surface area contributed by atoms with Gasteiger partial charge in [-0.3, -0.25) is 14.4 Å². The summed E-state index contributed by atoms with van der Waals surface area (Å²) in [6.45, 7) is 3.99. The van der Waals surface area contributed by atoms with E-state index in [9.17, 15) is 14.4 Å². The Morgan fingerprint density at radius 3 is 2.14 bits per heavy atom. The fourth-order valence-electron chi connectivity index (χ4n) is 5.09. The van der Waals surface area contributed by atoms with Crippen molar-refractivity contribution in [3.63, 3.8) is 0 Å². The molecule has 0 heterocycles. The van der Waals surface area contributed by atoms with E-state index >= 15 is 0 Å². The molecule has 0 aliphatic heterocycles. The first kappa shape index (κ1) is 34.5. The predicted octanol–water partition coefficient (Wildman–Crippen LogP) is 8.20. The molecule has 0 bridgehead atoms. The van der Waals surface area contributed by atoms with Crippen LogP contribution < -0.4 is 25.4 Å².